The monoisotopic (exact) mass is 561 g/mol. The van der Waals surface area contributed by atoms with Gasteiger partial charge >= 0.3 is 0 Å². The van der Waals surface area contributed by atoms with Crippen molar-refractivity contribution in [2.45, 2.75) is 31.3 Å². The zero-order valence-electron chi connectivity index (χ0n) is 21.2. The molecule has 1 N–H and O–H groups in total. The number of hydrogen-bond acceptors (Lipinski definition) is 5. The number of anilines is 1. The van der Waals surface area contributed by atoms with Crippen LogP contribution in [0, 0.1) is 5.82 Å². The average Bonchev–Trinajstić information content (AvgIpc) is 2.91. The van der Waals surface area contributed by atoms with Gasteiger partial charge in [-0.1, -0.05) is 41.9 Å². The largest absolute Gasteiger partial charge is 0.495 e. The van der Waals surface area contributed by atoms with Gasteiger partial charge in [0, 0.05) is 13.1 Å². The molecule has 2 amide bonds. The van der Waals surface area contributed by atoms with Crippen LogP contribution in [0.4, 0.5) is 10.1 Å². The molecule has 0 saturated heterocycles. The molecule has 0 saturated carbocycles. The molecule has 8 nitrogen and oxygen atoms in total. The SMILES string of the molecule is CCNC(=O)C(C)N(Cc1ccc(F)cc1)C(=O)CN(c1ccc(OC)c(Cl)c1)S(=O)(=O)c1ccccc1. The number of ether oxygens (including phenoxy) is 1. The molecular weight excluding hydrogens is 533 g/mol. The van der Waals surface area contributed by atoms with Gasteiger partial charge in [0.25, 0.3) is 10.0 Å². The standard InChI is InChI=1S/C27H29ClFN3O5S/c1-4-30-27(34)19(2)31(17-20-10-12-21(29)13-11-20)26(33)18-32(22-14-15-25(37-3)24(28)16-22)38(35,36)23-8-6-5-7-9-23/h5-16,19H,4,17-18H2,1-3H3,(H,30,34). The van der Waals surface area contributed by atoms with Crippen LogP contribution in [0.5, 0.6) is 5.75 Å². The number of hydrogen-bond donors (Lipinski definition) is 1. The van der Waals surface area contributed by atoms with Crippen LogP contribution < -0.4 is 14.4 Å². The molecule has 0 bridgehead atoms. The number of carbonyl (C=O) groups is 2. The van der Waals surface area contributed by atoms with Gasteiger partial charge in [-0.25, -0.2) is 12.8 Å². The number of rotatable bonds is 11. The van der Waals surface area contributed by atoms with Gasteiger partial charge in [-0.15, -0.1) is 0 Å². The lowest BCUT2D eigenvalue weighted by Gasteiger charge is -2.32. The van der Waals surface area contributed by atoms with E-state index in [9.17, 15) is 22.4 Å². The molecule has 0 aliphatic carbocycles. The summed E-state index contributed by atoms with van der Waals surface area (Å²) in [5.41, 5.74) is 0.709. The van der Waals surface area contributed by atoms with E-state index in [1.807, 2.05) is 0 Å². The predicted octanol–water partition coefficient (Wildman–Crippen LogP) is 4.24. The molecule has 3 rings (SSSR count). The molecule has 3 aromatic carbocycles. The first kappa shape index (κ1) is 28.9. The van der Waals surface area contributed by atoms with E-state index in [0.29, 0.717) is 17.9 Å². The molecule has 0 spiro atoms. The highest BCUT2D eigenvalue weighted by Crippen LogP contribution is 2.32. The van der Waals surface area contributed by atoms with Crippen molar-refractivity contribution in [1.82, 2.24) is 10.2 Å². The lowest BCUT2D eigenvalue weighted by Crippen LogP contribution is -2.51. The van der Waals surface area contributed by atoms with E-state index >= 15 is 0 Å². The molecule has 0 aromatic heterocycles. The van der Waals surface area contributed by atoms with E-state index in [2.05, 4.69) is 5.32 Å². The number of carbonyl (C=O) groups excluding carboxylic acids is 2. The van der Waals surface area contributed by atoms with Crippen molar-refractivity contribution >= 4 is 39.1 Å². The third-order valence-corrected chi connectivity index (χ3v) is 7.90. The summed E-state index contributed by atoms with van der Waals surface area (Å²) < 4.78 is 47.0. The lowest BCUT2D eigenvalue weighted by atomic mass is 10.1. The van der Waals surface area contributed by atoms with Gasteiger partial charge < -0.3 is 15.0 Å². The third-order valence-electron chi connectivity index (χ3n) is 5.82. The average molecular weight is 562 g/mol. The zero-order chi connectivity index (χ0) is 27.9. The summed E-state index contributed by atoms with van der Waals surface area (Å²) in [6, 6.07) is 16.6. The van der Waals surface area contributed by atoms with Gasteiger partial charge in [-0.2, -0.15) is 0 Å². The van der Waals surface area contributed by atoms with Crippen LogP contribution in [0.3, 0.4) is 0 Å². The summed E-state index contributed by atoms with van der Waals surface area (Å²) in [7, 11) is -2.79. The van der Waals surface area contributed by atoms with Crippen LogP contribution >= 0.6 is 11.6 Å². The molecule has 0 aliphatic heterocycles. The minimum absolute atomic E-state index is 0.0263. The number of methoxy groups -OCH3 is 1. The van der Waals surface area contributed by atoms with Gasteiger partial charge in [-0.3, -0.25) is 13.9 Å². The fourth-order valence-electron chi connectivity index (χ4n) is 3.75. The van der Waals surface area contributed by atoms with Gasteiger partial charge in [0.05, 0.1) is 22.7 Å². The minimum atomic E-state index is -4.22. The van der Waals surface area contributed by atoms with Gasteiger partial charge in [0.2, 0.25) is 11.8 Å². The van der Waals surface area contributed by atoms with E-state index in [0.717, 1.165) is 4.31 Å². The Hall–Kier alpha value is -3.63. The molecular formula is C27H29ClFN3O5S. The second-order valence-corrected chi connectivity index (χ2v) is 10.6. The van der Waals surface area contributed by atoms with Gasteiger partial charge in [0.1, 0.15) is 24.2 Å². The first-order valence-corrected chi connectivity index (χ1v) is 13.6. The van der Waals surface area contributed by atoms with Crippen LogP contribution in [0.1, 0.15) is 19.4 Å². The molecule has 202 valence electrons. The number of benzene rings is 3. The van der Waals surface area contributed by atoms with Crippen molar-refractivity contribution in [3.8, 4) is 5.75 Å². The Morgan fingerprint density at radius 2 is 1.71 bits per heavy atom. The summed E-state index contributed by atoms with van der Waals surface area (Å²) in [4.78, 5) is 27.7. The molecule has 0 aliphatic rings. The maximum absolute atomic E-state index is 13.7. The fraction of sp³-hybridized carbons (Fsp3) is 0.259. The van der Waals surface area contributed by atoms with Crippen molar-refractivity contribution in [2.75, 3.05) is 24.5 Å². The van der Waals surface area contributed by atoms with Crippen LogP contribution in [0.15, 0.2) is 77.7 Å². The lowest BCUT2D eigenvalue weighted by molar-refractivity contribution is -0.139. The molecule has 1 atom stereocenters. The van der Waals surface area contributed by atoms with Crippen LogP contribution in [-0.4, -0.2) is 51.4 Å². The Bertz CT molecular complexity index is 1370. The van der Waals surface area contributed by atoms with Crippen molar-refractivity contribution in [3.63, 3.8) is 0 Å². The van der Waals surface area contributed by atoms with Crippen LogP contribution in [0.2, 0.25) is 5.02 Å². The van der Waals surface area contributed by atoms with Crippen molar-refractivity contribution in [1.29, 1.82) is 0 Å². The van der Waals surface area contributed by atoms with Crippen LogP contribution in [-0.2, 0) is 26.2 Å². The Morgan fingerprint density at radius 1 is 1.05 bits per heavy atom. The fourth-order valence-corrected chi connectivity index (χ4v) is 5.43. The summed E-state index contributed by atoms with van der Waals surface area (Å²) >= 11 is 6.29. The Labute approximate surface area is 227 Å². The molecule has 38 heavy (non-hydrogen) atoms. The quantitative estimate of drug-likeness (QED) is 0.378. The van der Waals surface area contributed by atoms with E-state index in [1.54, 1.807) is 32.0 Å². The number of nitrogens with zero attached hydrogens (tertiary/aromatic N) is 2. The minimum Gasteiger partial charge on any atom is -0.495 e. The van der Waals surface area contributed by atoms with E-state index in [1.165, 1.54) is 66.6 Å². The first-order valence-electron chi connectivity index (χ1n) is 11.8. The van der Waals surface area contributed by atoms with Crippen molar-refractivity contribution in [3.05, 3.63) is 89.2 Å². The molecule has 0 fully saturated rings. The van der Waals surface area contributed by atoms with Crippen molar-refractivity contribution < 1.29 is 27.1 Å². The first-order chi connectivity index (χ1) is 18.1. The Morgan fingerprint density at radius 3 is 2.29 bits per heavy atom. The normalized spacial score (nSPS) is 11.9. The summed E-state index contributed by atoms with van der Waals surface area (Å²) in [6.45, 7) is 2.98. The summed E-state index contributed by atoms with van der Waals surface area (Å²) in [5, 5.41) is 2.84. The second kappa shape index (κ2) is 12.7. The molecule has 0 heterocycles. The van der Waals surface area contributed by atoms with Gasteiger partial charge in [0.15, 0.2) is 0 Å². The highest BCUT2D eigenvalue weighted by molar-refractivity contribution is 7.92. The second-order valence-electron chi connectivity index (χ2n) is 8.36. The van der Waals surface area contributed by atoms with E-state index in [-0.39, 0.29) is 22.2 Å². The van der Waals surface area contributed by atoms with Crippen molar-refractivity contribution in [2.24, 2.45) is 0 Å². The highest BCUT2D eigenvalue weighted by atomic mass is 35.5. The maximum Gasteiger partial charge on any atom is 0.264 e. The van der Waals surface area contributed by atoms with E-state index < -0.39 is 40.2 Å². The topological polar surface area (TPSA) is 96.0 Å². The smallest absolute Gasteiger partial charge is 0.264 e. The third kappa shape index (κ3) is 6.81. The summed E-state index contributed by atoms with van der Waals surface area (Å²) in [5.74, 6) is -1.16. The molecule has 11 heteroatoms. The Kier molecular flexibility index (Phi) is 9.71. The van der Waals surface area contributed by atoms with Gasteiger partial charge in [-0.05, 0) is 61.9 Å². The number of halogens is 2. The number of nitrogens with one attached hydrogen (secondary N) is 1. The number of amides is 2. The number of likely N-dealkylation sites (N-methyl/N-ethyl adjacent to an activating group) is 1. The summed E-state index contributed by atoms with van der Waals surface area (Å²) in [6.07, 6.45) is 0. The zero-order valence-corrected chi connectivity index (χ0v) is 22.8. The highest BCUT2D eigenvalue weighted by Gasteiger charge is 2.32. The maximum atomic E-state index is 13.7. The number of sulfonamides is 1. The molecule has 0 radical (unpaired) electrons. The Balaban J connectivity index is 2.04. The molecule has 3 aromatic rings. The van der Waals surface area contributed by atoms with E-state index in [4.69, 9.17) is 16.3 Å². The van der Waals surface area contributed by atoms with Crippen LogP contribution in [0.25, 0.3) is 0 Å². The predicted molar refractivity (Wildman–Crippen MR) is 144 cm³/mol. The molecule has 1 unspecified atom stereocenters.